The van der Waals surface area contributed by atoms with Crippen LogP contribution in [0.1, 0.15) is 18.4 Å². The molecule has 5 nitrogen and oxygen atoms in total. The topological polar surface area (TPSA) is 49.9 Å². The minimum absolute atomic E-state index is 0.105. The molecule has 1 amide bonds. The number of thiocarbonyl (C=S) groups is 1. The summed E-state index contributed by atoms with van der Waals surface area (Å²) < 4.78 is 5.13. The number of rotatable bonds is 6. The van der Waals surface area contributed by atoms with Gasteiger partial charge >= 0.3 is 5.97 Å². The number of carbonyl (C=O) groups excluding carboxylic acids is 2. The number of benzene rings is 1. The maximum absolute atomic E-state index is 12.5. The molecular formula is C17H20N2O3S2. The van der Waals surface area contributed by atoms with E-state index in [1.807, 2.05) is 49.3 Å². The molecule has 0 N–H and O–H groups in total. The van der Waals surface area contributed by atoms with Gasteiger partial charge in [0.05, 0.1) is 12.0 Å². The molecule has 0 atom stereocenters. The number of hydrogen-bond acceptors (Lipinski definition) is 6. The van der Waals surface area contributed by atoms with Crippen LogP contribution in [-0.2, 0) is 14.3 Å². The van der Waals surface area contributed by atoms with Crippen molar-refractivity contribution >= 4 is 51.9 Å². The van der Waals surface area contributed by atoms with Crippen molar-refractivity contribution in [1.82, 2.24) is 4.90 Å². The molecule has 0 bridgehead atoms. The molecule has 0 aromatic heterocycles. The quantitative estimate of drug-likeness (QED) is 0.439. The molecule has 2 rings (SSSR count). The molecule has 0 saturated carbocycles. The molecule has 1 aromatic rings. The predicted molar refractivity (Wildman–Crippen MR) is 102 cm³/mol. The highest BCUT2D eigenvalue weighted by atomic mass is 32.2. The number of thioether (sulfide) groups is 1. The van der Waals surface area contributed by atoms with Gasteiger partial charge in [0.1, 0.15) is 4.32 Å². The summed E-state index contributed by atoms with van der Waals surface area (Å²) in [5, 5.41) is 0. The van der Waals surface area contributed by atoms with E-state index >= 15 is 0 Å². The van der Waals surface area contributed by atoms with Crippen LogP contribution in [0, 0.1) is 0 Å². The molecule has 1 aliphatic heterocycles. The number of nitrogens with zero attached hydrogens (tertiary/aromatic N) is 2. The second kappa shape index (κ2) is 8.30. The molecule has 1 fully saturated rings. The van der Waals surface area contributed by atoms with E-state index in [0.717, 1.165) is 11.3 Å². The highest BCUT2D eigenvalue weighted by Gasteiger charge is 2.31. The maximum Gasteiger partial charge on any atom is 0.305 e. The standard InChI is InChI=1S/C17H20N2O3S2/c1-18(2)13-8-6-12(7-9-13)11-14-16(21)19(17(23)24-14)10-4-5-15(20)22-3/h6-9,11H,4-5,10H2,1-3H3/b14-11+. The number of esters is 1. The van der Waals surface area contributed by atoms with E-state index < -0.39 is 0 Å². The van der Waals surface area contributed by atoms with Gasteiger partial charge in [-0.3, -0.25) is 14.5 Å². The van der Waals surface area contributed by atoms with Crippen molar-refractivity contribution in [2.45, 2.75) is 12.8 Å². The van der Waals surface area contributed by atoms with E-state index in [4.69, 9.17) is 12.2 Å². The summed E-state index contributed by atoms with van der Waals surface area (Å²) >= 11 is 6.57. The van der Waals surface area contributed by atoms with Crippen LogP contribution in [0.25, 0.3) is 6.08 Å². The Balaban J connectivity index is 2.03. The van der Waals surface area contributed by atoms with Crippen LogP contribution in [0.3, 0.4) is 0 Å². The Hall–Kier alpha value is -1.86. The summed E-state index contributed by atoms with van der Waals surface area (Å²) in [7, 11) is 5.31. The fourth-order valence-electron chi connectivity index (χ4n) is 2.20. The Morgan fingerprint density at radius 1 is 1.33 bits per heavy atom. The molecule has 0 unspecified atom stereocenters. The molecule has 0 radical (unpaired) electrons. The Morgan fingerprint density at radius 2 is 2.00 bits per heavy atom. The van der Waals surface area contributed by atoms with E-state index in [1.165, 1.54) is 18.9 Å². The molecule has 128 valence electrons. The van der Waals surface area contributed by atoms with E-state index in [2.05, 4.69) is 4.74 Å². The minimum Gasteiger partial charge on any atom is -0.469 e. The average molecular weight is 364 g/mol. The van der Waals surface area contributed by atoms with Crippen molar-refractivity contribution in [3.63, 3.8) is 0 Å². The van der Waals surface area contributed by atoms with Gasteiger partial charge < -0.3 is 9.64 Å². The van der Waals surface area contributed by atoms with Gasteiger partial charge in [-0.15, -0.1) is 0 Å². The fraction of sp³-hybridized carbons (Fsp3) is 0.353. The van der Waals surface area contributed by atoms with Crippen molar-refractivity contribution < 1.29 is 14.3 Å². The molecule has 0 aliphatic carbocycles. The number of ether oxygens (including phenoxy) is 1. The van der Waals surface area contributed by atoms with Gasteiger partial charge in [-0.25, -0.2) is 0 Å². The second-order valence-corrected chi connectivity index (χ2v) is 7.17. The first-order valence-electron chi connectivity index (χ1n) is 7.52. The van der Waals surface area contributed by atoms with Crippen LogP contribution in [0.15, 0.2) is 29.2 Å². The lowest BCUT2D eigenvalue weighted by atomic mass is 10.2. The molecule has 7 heteroatoms. The number of carbonyl (C=O) groups is 2. The lowest BCUT2D eigenvalue weighted by molar-refractivity contribution is -0.141. The molecule has 1 saturated heterocycles. The smallest absolute Gasteiger partial charge is 0.305 e. The van der Waals surface area contributed by atoms with Crippen LogP contribution in [0.4, 0.5) is 5.69 Å². The molecule has 1 aromatic carbocycles. The first kappa shape index (κ1) is 18.5. The van der Waals surface area contributed by atoms with Crippen LogP contribution in [0.2, 0.25) is 0 Å². The van der Waals surface area contributed by atoms with E-state index in [1.54, 1.807) is 4.90 Å². The van der Waals surface area contributed by atoms with Gasteiger partial charge in [0.2, 0.25) is 0 Å². The number of amides is 1. The van der Waals surface area contributed by atoms with Crippen molar-refractivity contribution in [3.05, 3.63) is 34.7 Å². The first-order valence-corrected chi connectivity index (χ1v) is 8.74. The van der Waals surface area contributed by atoms with E-state index in [0.29, 0.717) is 22.2 Å². The number of hydrogen-bond donors (Lipinski definition) is 0. The zero-order valence-electron chi connectivity index (χ0n) is 13.9. The Kier molecular flexibility index (Phi) is 6.39. The Morgan fingerprint density at radius 3 is 2.58 bits per heavy atom. The molecule has 1 heterocycles. The fourth-order valence-corrected chi connectivity index (χ4v) is 3.50. The second-order valence-electron chi connectivity index (χ2n) is 5.50. The number of methoxy groups -OCH3 is 1. The van der Waals surface area contributed by atoms with Crippen LogP contribution < -0.4 is 4.90 Å². The summed E-state index contributed by atoms with van der Waals surface area (Å²) in [5.74, 6) is -0.386. The summed E-state index contributed by atoms with van der Waals surface area (Å²) in [4.78, 5) is 27.8. The lowest BCUT2D eigenvalue weighted by Crippen LogP contribution is -2.29. The SMILES string of the molecule is COC(=O)CCCN1C(=O)/C(=C\c2ccc(N(C)C)cc2)SC1=S. The zero-order valence-corrected chi connectivity index (χ0v) is 15.6. The maximum atomic E-state index is 12.5. The normalized spacial score (nSPS) is 16.0. The van der Waals surface area contributed by atoms with Crippen molar-refractivity contribution in [1.29, 1.82) is 0 Å². The summed E-state index contributed by atoms with van der Waals surface area (Å²) in [6, 6.07) is 7.95. The highest BCUT2D eigenvalue weighted by Crippen LogP contribution is 2.32. The third kappa shape index (κ3) is 4.58. The molecule has 1 aliphatic rings. The summed E-state index contributed by atoms with van der Waals surface area (Å²) in [6.07, 6.45) is 2.65. The lowest BCUT2D eigenvalue weighted by Gasteiger charge is -2.13. The Bertz CT molecular complexity index is 669. The largest absolute Gasteiger partial charge is 0.469 e. The van der Waals surface area contributed by atoms with Crippen LogP contribution in [0.5, 0.6) is 0 Å². The van der Waals surface area contributed by atoms with Gasteiger partial charge in [0.15, 0.2) is 0 Å². The van der Waals surface area contributed by atoms with Crippen molar-refractivity contribution in [2.75, 3.05) is 32.6 Å². The van der Waals surface area contributed by atoms with Gasteiger partial charge in [-0.1, -0.05) is 36.1 Å². The van der Waals surface area contributed by atoms with Gasteiger partial charge in [0.25, 0.3) is 5.91 Å². The third-order valence-corrected chi connectivity index (χ3v) is 4.95. The molecular weight excluding hydrogens is 344 g/mol. The van der Waals surface area contributed by atoms with E-state index in [9.17, 15) is 9.59 Å². The van der Waals surface area contributed by atoms with Crippen molar-refractivity contribution in [2.24, 2.45) is 0 Å². The van der Waals surface area contributed by atoms with Gasteiger partial charge in [-0.2, -0.15) is 0 Å². The number of anilines is 1. The Labute approximate surface area is 151 Å². The minimum atomic E-state index is -0.281. The van der Waals surface area contributed by atoms with Crippen LogP contribution >= 0.6 is 24.0 Å². The summed E-state index contributed by atoms with van der Waals surface area (Å²) in [5.41, 5.74) is 2.05. The molecule has 0 spiro atoms. The highest BCUT2D eigenvalue weighted by molar-refractivity contribution is 8.26. The average Bonchev–Trinajstić information content (AvgIpc) is 2.82. The predicted octanol–water partition coefficient (Wildman–Crippen LogP) is 2.91. The first-order chi connectivity index (χ1) is 11.4. The molecule has 24 heavy (non-hydrogen) atoms. The monoisotopic (exact) mass is 364 g/mol. The van der Waals surface area contributed by atoms with Crippen molar-refractivity contribution in [3.8, 4) is 0 Å². The van der Waals surface area contributed by atoms with Gasteiger partial charge in [0, 0.05) is 32.7 Å². The third-order valence-electron chi connectivity index (χ3n) is 3.57. The zero-order chi connectivity index (χ0) is 17.7. The van der Waals surface area contributed by atoms with Crippen LogP contribution in [-0.4, -0.2) is 48.8 Å². The summed E-state index contributed by atoms with van der Waals surface area (Å²) in [6.45, 7) is 0.427. The van der Waals surface area contributed by atoms with E-state index in [-0.39, 0.29) is 18.3 Å². The van der Waals surface area contributed by atoms with Gasteiger partial charge in [-0.05, 0) is 30.2 Å².